The molecule has 0 aromatic rings. The predicted octanol–water partition coefficient (Wildman–Crippen LogP) is -1.19. The molecule has 0 aliphatic carbocycles. The Hall–Kier alpha value is 1.09. The molecule has 0 saturated heterocycles. The van der Waals surface area contributed by atoms with Gasteiger partial charge in [-0.1, -0.05) is 0 Å². The summed E-state index contributed by atoms with van der Waals surface area (Å²) >= 11 is 0. The van der Waals surface area contributed by atoms with E-state index >= 15 is 0 Å². The summed E-state index contributed by atoms with van der Waals surface area (Å²) in [4.78, 5) is 8.56. The Balaban J connectivity index is -0.0000000150. The molecule has 6 heteroatoms. The summed E-state index contributed by atoms with van der Waals surface area (Å²) < 4.78 is 0. The second-order valence-electron chi connectivity index (χ2n) is 0.283. The molecule has 0 rings (SSSR count). The molecular weight excluding hydrogens is 145 g/mol. The Labute approximate surface area is 79.9 Å². The van der Waals surface area contributed by atoms with Gasteiger partial charge in [-0.25, -0.2) is 4.79 Å². The molecule has 0 aliphatic rings. The minimum absolute atomic E-state index is 0. The zero-order chi connectivity index (χ0) is 3.58. The number of carbonyl (C=O) groups is 1. The van der Waals surface area contributed by atoms with Crippen molar-refractivity contribution in [1.29, 1.82) is 0 Å². The fourth-order valence-corrected chi connectivity index (χ4v) is 0. The molecule has 0 bridgehead atoms. The van der Waals surface area contributed by atoms with Gasteiger partial charge in [0.05, 0.1) is 0 Å². The van der Waals surface area contributed by atoms with Gasteiger partial charge in [0.2, 0.25) is 0 Å². The van der Waals surface area contributed by atoms with Crippen LogP contribution in [-0.4, -0.2) is 63.3 Å². The summed E-state index contributed by atoms with van der Waals surface area (Å²) in [5, 5.41) is 13.9. The van der Waals surface area contributed by atoms with Crippen molar-refractivity contribution in [3.05, 3.63) is 0 Å². The third-order valence-corrected chi connectivity index (χ3v) is 0. The van der Waals surface area contributed by atoms with Crippen molar-refractivity contribution in [3.8, 4) is 0 Å². The van der Waals surface area contributed by atoms with Crippen molar-refractivity contribution < 1.29 is 15.0 Å². The van der Waals surface area contributed by atoms with E-state index in [0.29, 0.717) is 0 Å². The molecule has 0 heterocycles. The first-order valence-electron chi connectivity index (χ1n) is 0.651. The molecule has 7 heavy (non-hydrogen) atoms. The second kappa shape index (κ2) is 15.7. The quantitative estimate of drug-likeness (QED) is 0.429. The van der Waals surface area contributed by atoms with Crippen LogP contribution in [0.2, 0.25) is 0 Å². The van der Waals surface area contributed by atoms with E-state index in [1.54, 1.807) is 0 Å². The molecule has 0 radical (unpaired) electrons. The van der Waals surface area contributed by atoms with Crippen LogP contribution in [0.15, 0.2) is 0 Å². The molecule has 0 aromatic heterocycles. The number of halogens is 1. The van der Waals surface area contributed by atoms with Crippen LogP contribution in [0.3, 0.4) is 0 Å². The van der Waals surface area contributed by atoms with Crippen molar-refractivity contribution in [3.63, 3.8) is 0 Å². The third-order valence-electron chi connectivity index (χ3n) is 0. The maximum atomic E-state index is 8.56. The fourth-order valence-electron chi connectivity index (χ4n) is 0. The Morgan fingerprint density at radius 2 is 1.29 bits per heavy atom. The van der Waals surface area contributed by atoms with Crippen molar-refractivity contribution in [2.75, 3.05) is 0 Å². The van der Waals surface area contributed by atoms with Gasteiger partial charge in [0.1, 0.15) is 0 Å². The Bertz CT molecular complexity index is 37.9. The topological polar surface area (TPSA) is 57.5 Å². The summed E-state index contributed by atoms with van der Waals surface area (Å²) in [6, 6.07) is 0. The molecule has 0 unspecified atom stereocenters. The van der Waals surface area contributed by atoms with Gasteiger partial charge in [-0.3, -0.25) is 0 Å². The van der Waals surface area contributed by atoms with Gasteiger partial charge in [0, 0.05) is 0 Å². The zero-order valence-electron chi connectivity index (χ0n) is 2.21. The van der Waals surface area contributed by atoms with E-state index < -0.39 is 6.16 Å². The van der Waals surface area contributed by atoms with E-state index in [1.165, 1.54) is 0 Å². The second-order valence-corrected chi connectivity index (χ2v) is 0.283. The summed E-state index contributed by atoms with van der Waals surface area (Å²) in [6.45, 7) is 0. The number of hydrogen-bond donors (Lipinski definition) is 2. The summed E-state index contributed by atoms with van der Waals surface area (Å²) in [6.07, 6.45) is -1.83. The normalized spacial score (nSPS) is 3.43. The van der Waals surface area contributed by atoms with E-state index in [9.17, 15) is 0 Å². The molecular formula is CH7AlClNaO3. The van der Waals surface area contributed by atoms with Crippen LogP contribution in [0.4, 0.5) is 4.79 Å². The van der Waals surface area contributed by atoms with E-state index in [4.69, 9.17) is 15.0 Å². The van der Waals surface area contributed by atoms with Crippen LogP contribution in [0.5, 0.6) is 0 Å². The molecule has 0 spiro atoms. The van der Waals surface area contributed by atoms with Crippen molar-refractivity contribution >= 4 is 65.5 Å². The minimum atomic E-state index is -1.83. The number of carboxylic acid groups (broad SMARTS) is 2. The van der Waals surface area contributed by atoms with Crippen LogP contribution >= 0.6 is 12.4 Å². The van der Waals surface area contributed by atoms with Gasteiger partial charge in [0.15, 0.2) is 17.4 Å². The summed E-state index contributed by atoms with van der Waals surface area (Å²) in [5.74, 6) is 0. The van der Waals surface area contributed by atoms with Crippen molar-refractivity contribution in [2.24, 2.45) is 0 Å². The standard InChI is InChI=1S/CH2O3.Al.ClH.Na.4H/c2-1(3)4;;;;;;;/h(H2,2,3,4);;1H;;;;;. The first-order chi connectivity index (χ1) is 1.73. The van der Waals surface area contributed by atoms with Crippen molar-refractivity contribution in [1.82, 2.24) is 0 Å². The first kappa shape index (κ1) is 24.3. The van der Waals surface area contributed by atoms with Crippen molar-refractivity contribution in [2.45, 2.75) is 0 Å². The maximum absolute atomic E-state index is 8.56. The van der Waals surface area contributed by atoms with E-state index in [2.05, 4.69) is 0 Å². The van der Waals surface area contributed by atoms with Crippen LogP contribution in [0.25, 0.3) is 0 Å². The van der Waals surface area contributed by atoms with Crippen LogP contribution in [0.1, 0.15) is 0 Å². The van der Waals surface area contributed by atoms with Gasteiger partial charge >= 0.3 is 35.7 Å². The molecule has 0 atom stereocenters. The molecule has 0 fully saturated rings. The van der Waals surface area contributed by atoms with Crippen LogP contribution in [-0.2, 0) is 0 Å². The van der Waals surface area contributed by atoms with Gasteiger partial charge in [-0.15, -0.1) is 12.4 Å². The molecule has 40 valence electrons. The Morgan fingerprint density at radius 3 is 1.29 bits per heavy atom. The van der Waals surface area contributed by atoms with Gasteiger partial charge in [0.25, 0.3) is 0 Å². The van der Waals surface area contributed by atoms with Gasteiger partial charge < -0.3 is 10.2 Å². The third kappa shape index (κ3) is 154. The van der Waals surface area contributed by atoms with Gasteiger partial charge in [-0.05, 0) is 0 Å². The molecule has 0 aromatic carbocycles. The average molecular weight is 152 g/mol. The van der Waals surface area contributed by atoms with Crippen LogP contribution < -0.4 is 0 Å². The van der Waals surface area contributed by atoms with Crippen LogP contribution in [0, 0.1) is 0 Å². The van der Waals surface area contributed by atoms with E-state index in [1.807, 2.05) is 0 Å². The average Bonchev–Trinajstić information content (AvgIpc) is 0.811. The molecule has 0 saturated carbocycles. The molecule has 2 N–H and O–H groups in total. The SMILES string of the molecule is Cl.O=C(O)O.[AlH3].[NaH]. The summed E-state index contributed by atoms with van der Waals surface area (Å²) in [7, 11) is 0. The van der Waals surface area contributed by atoms with E-state index in [0.717, 1.165) is 0 Å². The predicted molar refractivity (Wildman–Crippen MR) is 35.0 cm³/mol. The van der Waals surface area contributed by atoms with E-state index in [-0.39, 0.29) is 59.3 Å². The monoisotopic (exact) mass is 152 g/mol. The number of hydrogen-bond acceptors (Lipinski definition) is 1. The first-order valence-corrected chi connectivity index (χ1v) is 0.651. The Kier molecular flexibility index (Phi) is 54.6. The molecule has 3 nitrogen and oxygen atoms in total. The number of rotatable bonds is 0. The zero-order valence-corrected chi connectivity index (χ0v) is 3.03. The fraction of sp³-hybridized carbons (Fsp3) is 0. The summed E-state index contributed by atoms with van der Waals surface area (Å²) in [5.41, 5.74) is 0. The van der Waals surface area contributed by atoms with Gasteiger partial charge in [-0.2, -0.15) is 0 Å². The Morgan fingerprint density at radius 1 is 1.29 bits per heavy atom. The molecule has 0 amide bonds. The molecule has 0 aliphatic heterocycles.